The Hall–Kier alpha value is -2.92. The van der Waals surface area contributed by atoms with E-state index in [0.29, 0.717) is 6.54 Å². The molecule has 0 heterocycles. The number of guanidine groups is 4. The Morgan fingerprint density at radius 3 is 1.54 bits per heavy atom. The number of unbranched alkanes of at least 4 members (excludes halogenated alkanes) is 7. The minimum absolute atomic E-state index is 0.0650. The lowest BCUT2D eigenvalue weighted by atomic mass is 10.1. The van der Waals surface area contributed by atoms with E-state index in [1.54, 1.807) is 0 Å². The van der Waals surface area contributed by atoms with Crippen LogP contribution in [0.2, 0.25) is 0 Å². The number of nitrogens with two attached hydrogens (primary N) is 5. The van der Waals surface area contributed by atoms with Crippen LogP contribution in [0.3, 0.4) is 0 Å². The lowest BCUT2D eigenvalue weighted by Crippen LogP contribution is -2.47. The van der Waals surface area contributed by atoms with Gasteiger partial charge in [-0.15, -0.1) is 5.10 Å². The van der Waals surface area contributed by atoms with Crippen LogP contribution in [0.15, 0.2) is 5.10 Å². The van der Waals surface area contributed by atoms with E-state index in [1.165, 1.54) is 43.5 Å². The van der Waals surface area contributed by atoms with Crippen LogP contribution in [0.1, 0.15) is 58.3 Å². The van der Waals surface area contributed by atoms with Crippen molar-refractivity contribution in [3.8, 4) is 0 Å². The minimum atomic E-state index is -0.278. The highest BCUT2D eigenvalue weighted by molar-refractivity contribution is 5.80. The van der Waals surface area contributed by atoms with E-state index in [4.69, 9.17) is 44.9 Å². The SMILES string of the molecule is CCCCCCCCCCN(N=C(N)N)C(=N)N.N=C(N)NNC(=N)N. The molecule has 26 heavy (non-hydrogen) atoms. The summed E-state index contributed by atoms with van der Waals surface area (Å²) in [7, 11) is 0. The fraction of sp³-hybridized carbons (Fsp3) is 0.714. The van der Waals surface area contributed by atoms with Crippen LogP contribution >= 0.6 is 0 Å². The van der Waals surface area contributed by atoms with Crippen molar-refractivity contribution in [3.63, 3.8) is 0 Å². The normalized spacial score (nSPS) is 9.27. The molecule has 0 fully saturated rings. The van der Waals surface area contributed by atoms with Gasteiger partial charge in [0.25, 0.3) is 0 Å². The summed E-state index contributed by atoms with van der Waals surface area (Å²) in [6, 6.07) is 0. The number of hydrogen-bond acceptors (Lipinski definition) is 4. The van der Waals surface area contributed by atoms with Gasteiger partial charge in [-0.2, -0.15) is 0 Å². The Balaban J connectivity index is 0. The average Bonchev–Trinajstić information content (AvgIpc) is 2.54. The van der Waals surface area contributed by atoms with Crippen LogP contribution in [0.25, 0.3) is 0 Å². The zero-order chi connectivity index (χ0) is 20.4. The number of rotatable bonds is 10. The molecule has 0 rings (SSSR count). The number of hydrazone groups is 1. The molecule has 0 aromatic carbocycles. The first kappa shape index (κ1) is 25.3. The monoisotopic (exact) mass is 372 g/mol. The van der Waals surface area contributed by atoms with Gasteiger partial charge in [-0.05, 0) is 6.42 Å². The molecule has 0 radical (unpaired) electrons. The van der Waals surface area contributed by atoms with Gasteiger partial charge in [-0.25, -0.2) is 5.01 Å². The Morgan fingerprint density at radius 2 is 1.19 bits per heavy atom. The van der Waals surface area contributed by atoms with Gasteiger partial charge >= 0.3 is 0 Å². The standard InChI is InChI=1S/C12H28N6.C2H8N6/c1-2-3-4-5-6-7-8-9-10-18(12(15)16)17-11(13)14;3-1(4)7-8-2(5)6/h2-10H2,1H3,(H3,15,16)(H4,13,14,17);(H4,3,4,7)(H4,5,6,8). The zero-order valence-electron chi connectivity index (χ0n) is 15.6. The first-order chi connectivity index (χ1) is 12.2. The number of nitrogens with one attached hydrogen (secondary N) is 5. The molecule has 0 amide bonds. The van der Waals surface area contributed by atoms with E-state index in [-0.39, 0.29) is 23.8 Å². The van der Waals surface area contributed by atoms with Crippen LogP contribution in [-0.4, -0.2) is 35.4 Å². The summed E-state index contributed by atoms with van der Waals surface area (Å²) in [5.74, 6) is -0.739. The van der Waals surface area contributed by atoms with Gasteiger partial charge in [-0.1, -0.05) is 51.9 Å². The second kappa shape index (κ2) is 16.9. The molecule has 0 aliphatic rings. The van der Waals surface area contributed by atoms with Gasteiger partial charge in [0.1, 0.15) is 0 Å². The Kier molecular flexibility index (Phi) is 16.5. The van der Waals surface area contributed by atoms with Gasteiger partial charge in [-0.3, -0.25) is 27.1 Å². The van der Waals surface area contributed by atoms with Crippen molar-refractivity contribution < 1.29 is 0 Å². The summed E-state index contributed by atoms with van der Waals surface area (Å²) >= 11 is 0. The number of nitrogens with zero attached hydrogens (tertiary/aromatic N) is 2. The molecule has 0 unspecified atom stereocenters. The Bertz CT molecular complexity index is 416. The topological polar surface area (TPSA) is 241 Å². The predicted molar refractivity (Wildman–Crippen MR) is 107 cm³/mol. The molecule has 0 saturated heterocycles. The van der Waals surface area contributed by atoms with Crippen molar-refractivity contribution in [2.45, 2.75) is 58.3 Å². The molecular weight excluding hydrogens is 336 g/mol. The molecule has 0 aliphatic carbocycles. The van der Waals surface area contributed by atoms with E-state index in [1.807, 2.05) is 0 Å². The summed E-state index contributed by atoms with van der Waals surface area (Å²) in [4.78, 5) is 0. The summed E-state index contributed by atoms with van der Waals surface area (Å²) in [5, 5.41) is 25.5. The first-order valence-electron chi connectivity index (χ1n) is 8.61. The van der Waals surface area contributed by atoms with Gasteiger partial charge in [0.05, 0.1) is 0 Å². The van der Waals surface area contributed by atoms with Gasteiger partial charge in [0.2, 0.25) is 23.8 Å². The maximum absolute atomic E-state index is 7.32. The van der Waals surface area contributed by atoms with Crippen molar-refractivity contribution in [1.29, 1.82) is 16.2 Å². The van der Waals surface area contributed by atoms with Crippen LogP contribution in [0.4, 0.5) is 0 Å². The molecular formula is C14H36N12. The van der Waals surface area contributed by atoms with Crippen LogP contribution in [-0.2, 0) is 0 Å². The minimum Gasteiger partial charge on any atom is -0.369 e. The van der Waals surface area contributed by atoms with E-state index in [9.17, 15) is 0 Å². The largest absolute Gasteiger partial charge is 0.369 e. The van der Waals surface area contributed by atoms with Gasteiger partial charge in [0.15, 0.2) is 0 Å². The smallest absolute Gasteiger partial charge is 0.209 e. The van der Waals surface area contributed by atoms with E-state index >= 15 is 0 Å². The Labute approximate surface area is 155 Å². The van der Waals surface area contributed by atoms with Crippen molar-refractivity contribution in [1.82, 2.24) is 15.9 Å². The van der Waals surface area contributed by atoms with Crippen molar-refractivity contribution >= 4 is 23.8 Å². The molecule has 0 saturated carbocycles. The maximum Gasteiger partial charge on any atom is 0.209 e. The number of hydrazine groups is 1. The quantitative estimate of drug-likeness (QED) is 0.102. The maximum atomic E-state index is 7.32. The van der Waals surface area contributed by atoms with Crippen LogP contribution in [0, 0.1) is 16.2 Å². The predicted octanol–water partition coefficient (Wildman–Crippen LogP) is -0.621. The van der Waals surface area contributed by atoms with Crippen molar-refractivity contribution in [2.75, 3.05) is 6.54 Å². The van der Waals surface area contributed by atoms with E-state index < -0.39 is 0 Å². The fourth-order valence-electron chi connectivity index (χ4n) is 1.89. The summed E-state index contributed by atoms with van der Waals surface area (Å²) in [5.41, 5.74) is 29.7. The van der Waals surface area contributed by atoms with Gasteiger partial charge in [0, 0.05) is 6.54 Å². The highest BCUT2D eigenvalue weighted by Crippen LogP contribution is 2.08. The zero-order valence-corrected chi connectivity index (χ0v) is 15.6. The van der Waals surface area contributed by atoms with E-state index in [0.717, 1.165) is 12.8 Å². The molecule has 0 aliphatic heterocycles. The highest BCUT2D eigenvalue weighted by Gasteiger charge is 2.04. The first-order valence-corrected chi connectivity index (χ1v) is 8.61. The molecule has 15 N–H and O–H groups in total. The average molecular weight is 373 g/mol. The molecule has 0 atom stereocenters. The lowest BCUT2D eigenvalue weighted by Gasteiger charge is -2.16. The summed E-state index contributed by atoms with van der Waals surface area (Å²) in [6.07, 6.45) is 9.84. The van der Waals surface area contributed by atoms with Crippen molar-refractivity contribution in [3.05, 3.63) is 0 Å². The molecule has 0 spiro atoms. The highest BCUT2D eigenvalue weighted by atomic mass is 15.5. The molecule has 12 nitrogen and oxygen atoms in total. The summed E-state index contributed by atoms with van der Waals surface area (Å²) in [6.45, 7) is 2.82. The van der Waals surface area contributed by atoms with Crippen molar-refractivity contribution in [2.24, 2.45) is 33.8 Å². The third kappa shape index (κ3) is 21.1. The lowest BCUT2D eigenvalue weighted by molar-refractivity contribution is 0.412. The van der Waals surface area contributed by atoms with Crippen LogP contribution in [0.5, 0.6) is 0 Å². The second-order valence-electron chi connectivity index (χ2n) is 5.59. The van der Waals surface area contributed by atoms with E-state index in [2.05, 4.69) is 22.9 Å². The molecule has 0 aromatic heterocycles. The third-order valence-electron chi connectivity index (χ3n) is 3.07. The molecule has 0 bridgehead atoms. The third-order valence-corrected chi connectivity index (χ3v) is 3.07. The molecule has 12 heteroatoms. The number of hydrogen-bond donors (Lipinski definition) is 10. The summed E-state index contributed by atoms with van der Waals surface area (Å²) < 4.78 is 0. The van der Waals surface area contributed by atoms with Crippen LogP contribution < -0.4 is 39.5 Å². The van der Waals surface area contributed by atoms with Gasteiger partial charge < -0.3 is 28.7 Å². The fourth-order valence-corrected chi connectivity index (χ4v) is 1.89. The Morgan fingerprint density at radius 1 is 0.769 bits per heavy atom. The second-order valence-corrected chi connectivity index (χ2v) is 5.59. The molecule has 0 aromatic rings. The molecule has 152 valence electrons.